The summed E-state index contributed by atoms with van der Waals surface area (Å²) in [5.74, 6) is -1.60. The normalized spacial score (nSPS) is 9.95. The zero-order chi connectivity index (χ0) is 13.8. The van der Waals surface area contributed by atoms with Gasteiger partial charge in [-0.2, -0.15) is 0 Å². The zero-order valence-electron chi connectivity index (χ0n) is 10.3. The van der Waals surface area contributed by atoms with Crippen LogP contribution in [0.4, 0.5) is 5.69 Å². The van der Waals surface area contributed by atoms with E-state index < -0.39 is 11.9 Å². The van der Waals surface area contributed by atoms with Crippen molar-refractivity contribution in [3.05, 3.63) is 59.4 Å². The van der Waals surface area contributed by atoms with E-state index in [9.17, 15) is 9.59 Å². The van der Waals surface area contributed by atoms with Crippen LogP contribution >= 0.6 is 0 Å². The summed E-state index contributed by atoms with van der Waals surface area (Å²) in [6, 6.07) is 9.54. The van der Waals surface area contributed by atoms with Crippen molar-refractivity contribution >= 4 is 17.6 Å². The Kier molecular flexibility index (Phi) is 3.56. The molecule has 0 atom stereocenters. The number of benzene rings is 1. The maximum atomic E-state index is 12.0. The number of aromatic carboxylic acids is 1. The summed E-state index contributed by atoms with van der Waals surface area (Å²) in [7, 11) is 0. The largest absolute Gasteiger partial charge is 0.478 e. The molecule has 2 aromatic rings. The number of hydrogen-bond donors (Lipinski definition) is 2. The number of carboxylic acids is 1. The number of carbonyl (C=O) groups is 2. The van der Waals surface area contributed by atoms with Gasteiger partial charge in [0, 0.05) is 5.69 Å². The Morgan fingerprint density at radius 3 is 2.37 bits per heavy atom. The van der Waals surface area contributed by atoms with E-state index in [4.69, 9.17) is 5.11 Å². The molecular formula is C14H12N2O3. The maximum absolute atomic E-state index is 12.0. The molecule has 2 rings (SSSR count). The van der Waals surface area contributed by atoms with Gasteiger partial charge in [-0.3, -0.25) is 9.78 Å². The average molecular weight is 256 g/mol. The van der Waals surface area contributed by atoms with E-state index in [0.717, 1.165) is 5.69 Å². The third-order valence-corrected chi connectivity index (χ3v) is 2.57. The molecule has 0 aliphatic heterocycles. The number of aromatic nitrogens is 1. The highest BCUT2D eigenvalue weighted by atomic mass is 16.4. The Balaban J connectivity index is 2.25. The molecule has 19 heavy (non-hydrogen) atoms. The van der Waals surface area contributed by atoms with E-state index in [-0.39, 0.29) is 11.1 Å². The van der Waals surface area contributed by atoms with Gasteiger partial charge in [0.15, 0.2) is 0 Å². The van der Waals surface area contributed by atoms with Crippen LogP contribution in [0.2, 0.25) is 0 Å². The van der Waals surface area contributed by atoms with E-state index in [0.29, 0.717) is 5.69 Å². The second-order valence-corrected chi connectivity index (χ2v) is 3.99. The first-order chi connectivity index (χ1) is 9.08. The minimum atomic E-state index is -1.13. The summed E-state index contributed by atoms with van der Waals surface area (Å²) in [5, 5.41) is 11.6. The van der Waals surface area contributed by atoms with Crippen LogP contribution in [0.3, 0.4) is 0 Å². The van der Waals surface area contributed by atoms with Gasteiger partial charge in [0.2, 0.25) is 0 Å². The molecule has 0 saturated heterocycles. The molecule has 1 aromatic heterocycles. The Hall–Kier alpha value is -2.69. The first-order valence-corrected chi connectivity index (χ1v) is 5.64. The van der Waals surface area contributed by atoms with Gasteiger partial charge in [-0.05, 0) is 31.2 Å². The maximum Gasteiger partial charge on any atom is 0.336 e. The summed E-state index contributed by atoms with van der Waals surface area (Å²) < 4.78 is 0. The second-order valence-electron chi connectivity index (χ2n) is 3.99. The van der Waals surface area contributed by atoms with Crippen molar-refractivity contribution in [2.24, 2.45) is 0 Å². The van der Waals surface area contributed by atoms with Crippen molar-refractivity contribution in [3.63, 3.8) is 0 Å². The van der Waals surface area contributed by atoms with E-state index in [1.165, 1.54) is 18.3 Å². The molecule has 0 saturated carbocycles. The number of rotatable bonds is 3. The molecular weight excluding hydrogens is 244 g/mol. The number of anilines is 1. The van der Waals surface area contributed by atoms with Crippen molar-refractivity contribution in [3.8, 4) is 0 Å². The van der Waals surface area contributed by atoms with Crippen molar-refractivity contribution in [2.75, 3.05) is 5.32 Å². The highest BCUT2D eigenvalue weighted by Crippen LogP contribution is 2.12. The lowest BCUT2D eigenvalue weighted by Crippen LogP contribution is -2.16. The van der Waals surface area contributed by atoms with Crippen LogP contribution in [-0.2, 0) is 0 Å². The molecule has 2 N–H and O–H groups in total. The first kappa shape index (κ1) is 12.8. The Bertz CT molecular complexity index is 621. The molecule has 5 heteroatoms. The SMILES string of the molecule is Cc1ccc(NC(=O)c2ccccc2C(=O)O)cn1. The van der Waals surface area contributed by atoms with E-state index in [1.54, 1.807) is 24.3 Å². The topological polar surface area (TPSA) is 79.3 Å². The van der Waals surface area contributed by atoms with Gasteiger partial charge in [-0.25, -0.2) is 4.79 Å². The van der Waals surface area contributed by atoms with Gasteiger partial charge in [-0.15, -0.1) is 0 Å². The van der Waals surface area contributed by atoms with E-state index in [1.807, 2.05) is 6.92 Å². The quantitative estimate of drug-likeness (QED) is 0.883. The number of carbonyl (C=O) groups excluding carboxylic acids is 1. The monoisotopic (exact) mass is 256 g/mol. The van der Waals surface area contributed by atoms with Crippen LogP contribution in [0.15, 0.2) is 42.6 Å². The number of hydrogen-bond acceptors (Lipinski definition) is 3. The van der Waals surface area contributed by atoms with Crippen LogP contribution in [0.5, 0.6) is 0 Å². The lowest BCUT2D eigenvalue weighted by atomic mass is 10.1. The molecule has 0 unspecified atom stereocenters. The van der Waals surface area contributed by atoms with Crippen LogP contribution < -0.4 is 5.32 Å². The van der Waals surface area contributed by atoms with Gasteiger partial charge in [-0.1, -0.05) is 12.1 Å². The van der Waals surface area contributed by atoms with E-state index >= 15 is 0 Å². The van der Waals surface area contributed by atoms with Crippen molar-refractivity contribution in [1.82, 2.24) is 4.98 Å². The molecule has 0 radical (unpaired) electrons. The summed E-state index contributed by atoms with van der Waals surface area (Å²) >= 11 is 0. The summed E-state index contributed by atoms with van der Waals surface area (Å²) in [6.45, 7) is 1.84. The minimum absolute atomic E-state index is 0.0277. The van der Waals surface area contributed by atoms with Gasteiger partial charge in [0.1, 0.15) is 0 Å². The van der Waals surface area contributed by atoms with Gasteiger partial charge < -0.3 is 10.4 Å². The zero-order valence-corrected chi connectivity index (χ0v) is 10.3. The average Bonchev–Trinajstić information content (AvgIpc) is 2.41. The highest BCUT2D eigenvalue weighted by molar-refractivity contribution is 6.10. The summed E-state index contributed by atoms with van der Waals surface area (Å²) in [4.78, 5) is 27.1. The summed E-state index contributed by atoms with van der Waals surface area (Å²) in [5.41, 5.74) is 1.45. The molecule has 1 amide bonds. The molecule has 0 aliphatic carbocycles. The number of amides is 1. The predicted octanol–water partition coefficient (Wildman–Crippen LogP) is 2.34. The number of aryl methyl sites for hydroxylation is 1. The number of pyridine rings is 1. The Labute approximate surface area is 109 Å². The molecule has 1 aromatic carbocycles. The molecule has 5 nitrogen and oxygen atoms in total. The molecule has 1 heterocycles. The van der Waals surface area contributed by atoms with Gasteiger partial charge in [0.25, 0.3) is 5.91 Å². The lowest BCUT2D eigenvalue weighted by molar-refractivity contribution is 0.0692. The summed E-state index contributed by atoms with van der Waals surface area (Å²) in [6.07, 6.45) is 1.52. The van der Waals surface area contributed by atoms with Crippen LogP contribution in [-0.4, -0.2) is 22.0 Å². The molecule has 0 bridgehead atoms. The van der Waals surface area contributed by atoms with Crippen LogP contribution in [0, 0.1) is 6.92 Å². The standard InChI is InChI=1S/C14H12N2O3/c1-9-6-7-10(8-15-9)16-13(17)11-4-2-3-5-12(11)14(18)19/h2-8H,1H3,(H,16,17)(H,18,19). The number of nitrogens with zero attached hydrogens (tertiary/aromatic N) is 1. The van der Waals surface area contributed by atoms with Gasteiger partial charge in [0.05, 0.1) is 23.0 Å². The van der Waals surface area contributed by atoms with Crippen molar-refractivity contribution < 1.29 is 14.7 Å². The fourth-order valence-electron chi connectivity index (χ4n) is 1.61. The number of nitrogens with one attached hydrogen (secondary N) is 1. The second kappa shape index (κ2) is 5.30. The Morgan fingerprint density at radius 1 is 1.11 bits per heavy atom. The first-order valence-electron chi connectivity index (χ1n) is 5.64. The van der Waals surface area contributed by atoms with Gasteiger partial charge >= 0.3 is 5.97 Å². The third kappa shape index (κ3) is 2.95. The van der Waals surface area contributed by atoms with Crippen molar-refractivity contribution in [1.29, 1.82) is 0 Å². The molecule has 0 fully saturated rings. The molecule has 0 spiro atoms. The fourth-order valence-corrected chi connectivity index (χ4v) is 1.61. The van der Waals surface area contributed by atoms with Crippen LogP contribution in [0.25, 0.3) is 0 Å². The molecule has 0 aliphatic rings. The fraction of sp³-hybridized carbons (Fsp3) is 0.0714. The molecule has 96 valence electrons. The Morgan fingerprint density at radius 2 is 1.79 bits per heavy atom. The number of carboxylic acid groups (broad SMARTS) is 1. The van der Waals surface area contributed by atoms with E-state index in [2.05, 4.69) is 10.3 Å². The lowest BCUT2D eigenvalue weighted by Gasteiger charge is -2.07. The van der Waals surface area contributed by atoms with Crippen LogP contribution in [0.1, 0.15) is 26.4 Å². The smallest absolute Gasteiger partial charge is 0.336 e. The minimum Gasteiger partial charge on any atom is -0.478 e. The predicted molar refractivity (Wildman–Crippen MR) is 70.3 cm³/mol. The van der Waals surface area contributed by atoms with Crippen molar-refractivity contribution in [2.45, 2.75) is 6.92 Å². The third-order valence-electron chi connectivity index (χ3n) is 2.57. The highest BCUT2D eigenvalue weighted by Gasteiger charge is 2.15.